The van der Waals surface area contributed by atoms with Gasteiger partial charge in [-0.25, -0.2) is 4.79 Å². The van der Waals surface area contributed by atoms with Crippen LogP contribution < -0.4 is 15.4 Å². The number of carboxylic acid groups (broad SMARTS) is 1. The Morgan fingerprint density at radius 1 is 1.05 bits per heavy atom. The van der Waals surface area contributed by atoms with Crippen LogP contribution in [-0.4, -0.2) is 54.9 Å². The lowest BCUT2D eigenvalue weighted by atomic mass is 9.82. The van der Waals surface area contributed by atoms with Crippen molar-refractivity contribution in [1.29, 1.82) is 0 Å². The summed E-state index contributed by atoms with van der Waals surface area (Å²) in [5.41, 5.74) is 10.6. The van der Waals surface area contributed by atoms with E-state index in [2.05, 4.69) is 47.4 Å². The molecule has 1 amide bonds. The molecule has 0 saturated carbocycles. The largest absolute Gasteiger partial charge is 0.493 e. The third-order valence-corrected chi connectivity index (χ3v) is 7.74. The maximum atomic E-state index is 12.6. The predicted octanol–water partition coefficient (Wildman–Crippen LogP) is 5.92. The van der Waals surface area contributed by atoms with Crippen molar-refractivity contribution in [3.8, 4) is 16.9 Å². The molecule has 2 bridgehead atoms. The van der Waals surface area contributed by atoms with Gasteiger partial charge in [0.2, 0.25) is 0 Å². The Labute approximate surface area is 225 Å². The van der Waals surface area contributed by atoms with Crippen LogP contribution in [0.25, 0.3) is 17.2 Å². The average Bonchev–Trinajstić information content (AvgIpc) is 2.95. The molecule has 6 nitrogen and oxygen atoms in total. The summed E-state index contributed by atoms with van der Waals surface area (Å²) in [6, 6.07) is 24.3. The second-order valence-electron chi connectivity index (χ2n) is 10.2. The Balaban J connectivity index is 1.32. The molecule has 0 spiro atoms. The fourth-order valence-corrected chi connectivity index (χ4v) is 5.75. The number of nitrogens with zero attached hydrogens (tertiary/aromatic N) is 2. The molecule has 3 saturated heterocycles. The molecular formula is C32H37N3O3. The van der Waals surface area contributed by atoms with Gasteiger partial charge in [-0.2, -0.15) is 0 Å². The smallest absolute Gasteiger partial charge is 0.412 e. The number of piperidine rings is 3. The molecule has 6 rings (SSSR count). The zero-order valence-electron chi connectivity index (χ0n) is 21.8. The summed E-state index contributed by atoms with van der Waals surface area (Å²) in [6.07, 6.45) is 7.09. The van der Waals surface area contributed by atoms with E-state index in [1.807, 2.05) is 42.5 Å². The lowest BCUT2D eigenvalue weighted by molar-refractivity contribution is 0.0838. The lowest BCUT2D eigenvalue weighted by Gasteiger charge is -2.48. The number of ether oxygens (including phenoxy) is 1. The van der Waals surface area contributed by atoms with Gasteiger partial charge < -0.3 is 20.5 Å². The standard InChI is InChI=1S/C32H37N3O3/c33-18-15-24-9-12-28(13-10-24)38-21-5-4-6-25-11-14-30(29(22-25)26-7-2-1-3-8-26)35(32(36)37)31-23-34-19-16-27(31)17-20-34/h1-4,6-14,22,27,31H,5,15-21,23,33H2,(H,36,37)/t31-/m0/s1. The van der Waals surface area contributed by atoms with Gasteiger partial charge in [-0.05, 0) is 92.2 Å². The molecule has 3 aliphatic rings. The van der Waals surface area contributed by atoms with Crippen LogP contribution in [0.5, 0.6) is 5.75 Å². The molecular weight excluding hydrogens is 474 g/mol. The van der Waals surface area contributed by atoms with Crippen LogP contribution in [0.4, 0.5) is 10.5 Å². The first-order valence-electron chi connectivity index (χ1n) is 13.6. The Hall–Kier alpha value is -3.61. The SMILES string of the molecule is NCCc1ccc(OCCC=Cc2ccc(N(C(=O)O)[C@H]3CN4CCC3CC4)c(-c3ccccc3)c2)cc1. The fraction of sp³-hybridized carbons (Fsp3) is 0.344. The van der Waals surface area contributed by atoms with Crippen molar-refractivity contribution >= 4 is 17.9 Å². The maximum absolute atomic E-state index is 12.6. The molecule has 3 heterocycles. The topological polar surface area (TPSA) is 79.0 Å². The van der Waals surface area contributed by atoms with E-state index in [4.69, 9.17) is 10.5 Å². The second kappa shape index (κ2) is 12.3. The van der Waals surface area contributed by atoms with Crippen molar-refractivity contribution in [3.63, 3.8) is 0 Å². The third kappa shape index (κ3) is 6.09. The van der Waals surface area contributed by atoms with E-state index in [1.165, 1.54) is 5.56 Å². The molecule has 198 valence electrons. The maximum Gasteiger partial charge on any atom is 0.412 e. The Kier molecular flexibility index (Phi) is 8.41. The number of hydrogen-bond acceptors (Lipinski definition) is 4. The van der Waals surface area contributed by atoms with E-state index in [-0.39, 0.29) is 6.04 Å². The normalized spacial score (nSPS) is 20.5. The molecule has 0 aliphatic carbocycles. The average molecular weight is 512 g/mol. The molecule has 0 aromatic heterocycles. The van der Waals surface area contributed by atoms with Crippen LogP contribution in [0.15, 0.2) is 78.9 Å². The summed E-state index contributed by atoms with van der Waals surface area (Å²) >= 11 is 0. The van der Waals surface area contributed by atoms with Crippen molar-refractivity contribution in [2.75, 3.05) is 37.7 Å². The fourth-order valence-electron chi connectivity index (χ4n) is 5.75. The van der Waals surface area contributed by atoms with E-state index >= 15 is 0 Å². The van der Waals surface area contributed by atoms with Gasteiger partial charge in [0.1, 0.15) is 5.75 Å². The quantitative estimate of drug-likeness (QED) is 0.331. The van der Waals surface area contributed by atoms with E-state index in [1.54, 1.807) is 4.90 Å². The van der Waals surface area contributed by atoms with Crippen molar-refractivity contribution in [2.24, 2.45) is 11.7 Å². The van der Waals surface area contributed by atoms with E-state index in [0.717, 1.165) is 73.4 Å². The Bertz CT molecular complexity index is 1230. The van der Waals surface area contributed by atoms with Crippen LogP contribution in [0.1, 0.15) is 30.4 Å². The highest BCUT2D eigenvalue weighted by Gasteiger charge is 2.40. The molecule has 3 aromatic carbocycles. The number of rotatable bonds is 10. The monoisotopic (exact) mass is 511 g/mol. The van der Waals surface area contributed by atoms with Gasteiger partial charge in [-0.1, -0.05) is 60.7 Å². The highest BCUT2D eigenvalue weighted by atomic mass is 16.5. The van der Waals surface area contributed by atoms with Gasteiger partial charge in [0.05, 0.1) is 18.3 Å². The lowest BCUT2D eigenvalue weighted by Crippen LogP contribution is -2.58. The van der Waals surface area contributed by atoms with Crippen molar-refractivity contribution in [3.05, 3.63) is 90.0 Å². The van der Waals surface area contributed by atoms with Crippen molar-refractivity contribution in [1.82, 2.24) is 4.90 Å². The summed E-state index contributed by atoms with van der Waals surface area (Å²) in [6.45, 7) is 4.19. The number of hydrogen-bond donors (Lipinski definition) is 2. The van der Waals surface area contributed by atoms with Crippen molar-refractivity contribution in [2.45, 2.75) is 31.7 Å². The number of fused-ring (bicyclic) bond motifs is 3. The first-order chi connectivity index (χ1) is 18.6. The van der Waals surface area contributed by atoms with Crippen LogP contribution in [0.3, 0.4) is 0 Å². The van der Waals surface area contributed by atoms with Gasteiger partial charge in [0.15, 0.2) is 0 Å². The van der Waals surface area contributed by atoms with Crippen LogP contribution >= 0.6 is 0 Å². The highest BCUT2D eigenvalue weighted by Crippen LogP contribution is 2.38. The van der Waals surface area contributed by atoms with E-state index in [9.17, 15) is 9.90 Å². The summed E-state index contributed by atoms with van der Waals surface area (Å²) in [5, 5.41) is 10.4. The van der Waals surface area contributed by atoms with Gasteiger partial charge in [0.25, 0.3) is 0 Å². The zero-order valence-corrected chi connectivity index (χ0v) is 21.8. The molecule has 3 fully saturated rings. The van der Waals surface area contributed by atoms with Crippen molar-refractivity contribution < 1.29 is 14.6 Å². The summed E-state index contributed by atoms with van der Waals surface area (Å²) < 4.78 is 5.88. The second-order valence-corrected chi connectivity index (χ2v) is 10.2. The van der Waals surface area contributed by atoms with Gasteiger partial charge >= 0.3 is 6.09 Å². The van der Waals surface area contributed by atoms with Gasteiger partial charge in [-0.15, -0.1) is 0 Å². The number of amides is 1. The molecule has 38 heavy (non-hydrogen) atoms. The molecule has 6 heteroatoms. The Morgan fingerprint density at radius 3 is 2.47 bits per heavy atom. The summed E-state index contributed by atoms with van der Waals surface area (Å²) in [4.78, 5) is 16.7. The van der Waals surface area contributed by atoms with E-state index in [0.29, 0.717) is 19.1 Å². The number of nitrogens with two attached hydrogens (primary N) is 1. The Morgan fingerprint density at radius 2 is 1.82 bits per heavy atom. The third-order valence-electron chi connectivity index (χ3n) is 7.74. The van der Waals surface area contributed by atoms with Gasteiger partial charge in [-0.3, -0.25) is 4.90 Å². The minimum absolute atomic E-state index is 0.0135. The molecule has 0 unspecified atom stereocenters. The zero-order chi connectivity index (χ0) is 26.3. The highest BCUT2D eigenvalue weighted by molar-refractivity contribution is 5.94. The molecule has 0 radical (unpaired) electrons. The number of carbonyl (C=O) groups is 1. The molecule has 1 atom stereocenters. The predicted molar refractivity (Wildman–Crippen MR) is 154 cm³/mol. The number of benzene rings is 3. The first-order valence-corrected chi connectivity index (χ1v) is 13.6. The summed E-state index contributed by atoms with van der Waals surface area (Å²) in [5.74, 6) is 1.27. The number of anilines is 1. The van der Waals surface area contributed by atoms with Crippen LogP contribution in [0.2, 0.25) is 0 Å². The minimum Gasteiger partial charge on any atom is -0.493 e. The van der Waals surface area contributed by atoms with Gasteiger partial charge in [0, 0.05) is 12.1 Å². The molecule has 3 N–H and O–H groups in total. The van der Waals surface area contributed by atoms with Crippen LogP contribution in [-0.2, 0) is 6.42 Å². The first kappa shape index (κ1) is 26.0. The van der Waals surface area contributed by atoms with E-state index < -0.39 is 6.09 Å². The van der Waals surface area contributed by atoms with Crippen LogP contribution in [0, 0.1) is 5.92 Å². The molecule has 3 aliphatic heterocycles. The summed E-state index contributed by atoms with van der Waals surface area (Å²) in [7, 11) is 0. The molecule has 3 aromatic rings. The minimum atomic E-state index is -0.877.